The SMILES string of the molecule is CCCN1c2cc(Cl)ccc2NCC2COCC21. The molecule has 2 aliphatic heterocycles. The molecular formula is C14H19ClN2O. The molecule has 2 atom stereocenters. The van der Waals surface area contributed by atoms with Crippen LogP contribution in [-0.4, -0.2) is 32.3 Å². The summed E-state index contributed by atoms with van der Waals surface area (Å²) in [5.74, 6) is 0.572. The van der Waals surface area contributed by atoms with Gasteiger partial charge < -0.3 is 15.0 Å². The number of nitrogens with one attached hydrogen (secondary N) is 1. The first kappa shape index (κ1) is 12.1. The van der Waals surface area contributed by atoms with Gasteiger partial charge in [-0.15, -0.1) is 0 Å². The number of benzene rings is 1. The lowest BCUT2D eigenvalue weighted by molar-refractivity contribution is 0.185. The third-order valence-corrected chi connectivity index (χ3v) is 4.09. The molecule has 0 saturated carbocycles. The van der Waals surface area contributed by atoms with Gasteiger partial charge in [-0.25, -0.2) is 0 Å². The Morgan fingerprint density at radius 2 is 2.33 bits per heavy atom. The lowest BCUT2D eigenvalue weighted by Crippen LogP contribution is -2.41. The highest BCUT2D eigenvalue weighted by Gasteiger charge is 2.35. The topological polar surface area (TPSA) is 24.5 Å². The Labute approximate surface area is 113 Å². The van der Waals surface area contributed by atoms with E-state index >= 15 is 0 Å². The lowest BCUT2D eigenvalue weighted by Gasteiger charge is -2.31. The molecule has 0 radical (unpaired) electrons. The predicted molar refractivity (Wildman–Crippen MR) is 75.7 cm³/mol. The Bertz CT molecular complexity index is 438. The van der Waals surface area contributed by atoms with Gasteiger partial charge >= 0.3 is 0 Å². The van der Waals surface area contributed by atoms with E-state index in [-0.39, 0.29) is 0 Å². The molecule has 0 aromatic heterocycles. The first-order chi connectivity index (χ1) is 8.79. The molecule has 3 nitrogen and oxygen atoms in total. The van der Waals surface area contributed by atoms with Gasteiger partial charge in [-0.2, -0.15) is 0 Å². The molecule has 0 spiro atoms. The molecule has 2 unspecified atom stereocenters. The predicted octanol–water partition coefficient (Wildman–Crippen LogP) is 3.00. The van der Waals surface area contributed by atoms with Crippen molar-refractivity contribution >= 4 is 23.0 Å². The van der Waals surface area contributed by atoms with Crippen molar-refractivity contribution in [2.24, 2.45) is 5.92 Å². The number of hydrogen-bond acceptors (Lipinski definition) is 3. The molecule has 18 heavy (non-hydrogen) atoms. The second-order valence-electron chi connectivity index (χ2n) is 5.10. The van der Waals surface area contributed by atoms with Crippen LogP contribution >= 0.6 is 11.6 Å². The fourth-order valence-corrected chi connectivity index (χ4v) is 3.13. The maximum Gasteiger partial charge on any atom is 0.0674 e. The summed E-state index contributed by atoms with van der Waals surface area (Å²) in [4.78, 5) is 2.47. The molecular weight excluding hydrogens is 248 g/mol. The summed E-state index contributed by atoms with van der Waals surface area (Å²) in [6.07, 6.45) is 1.13. The molecule has 1 N–H and O–H groups in total. The average molecular weight is 267 g/mol. The number of nitrogens with zero attached hydrogens (tertiary/aromatic N) is 1. The van der Waals surface area contributed by atoms with E-state index < -0.39 is 0 Å². The van der Waals surface area contributed by atoms with Gasteiger partial charge in [0, 0.05) is 24.0 Å². The Balaban J connectivity index is 2.01. The van der Waals surface area contributed by atoms with Gasteiger partial charge in [-0.1, -0.05) is 18.5 Å². The molecule has 3 rings (SSSR count). The highest BCUT2D eigenvalue weighted by Crippen LogP contribution is 2.36. The largest absolute Gasteiger partial charge is 0.383 e. The van der Waals surface area contributed by atoms with E-state index in [1.54, 1.807) is 0 Å². The fraction of sp³-hybridized carbons (Fsp3) is 0.571. The summed E-state index contributed by atoms with van der Waals surface area (Å²) in [7, 11) is 0. The number of anilines is 2. The zero-order valence-corrected chi connectivity index (χ0v) is 11.4. The van der Waals surface area contributed by atoms with E-state index in [1.807, 2.05) is 6.07 Å². The van der Waals surface area contributed by atoms with Crippen LogP contribution in [0.25, 0.3) is 0 Å². The first-order valence-corrected chi connectivity index (χ1v) is 7.05. The van der Waals surface area contributed by atoms with Crippen molar-refractivity contribution in [1.82, 2.24) is 0 Å². The maximum atomic E-state index is 6.15. The Kier molecular flexibility index (Phi) is 3.35. The van der Waals surface area contributed by atoms with Crippen LogP contribution in [0.4, 0.5) is 11.4 Å². The monoisotopic (exact) mass is 266 g/mol. The summed E-state index contributed by atoms with van der Waals surface area (Å²) in [6.45, 7) is 5.95. The second-order valence-corrected chi connectivity index (χ2v) is 5.54. The van der Waals surface area contributed by atoms with Crippen LogP contribution in [0.5, 0.6) is 0 Å². The van der Waals surface area contributed by atoms with Crippen LogP contribution in [-0.2, 0) is 4.74 Å². The second kappa shape index (κ2) is 4.98. The van der Waals surface area contributed by atoms with Crippen LogP contribution in [0.3, 0.4) is 0 Å². The molecule has 2 aliphatic rings. The minimum atomic E-state index is 0.483. The molecule has 1 saturated heterocycles. The number of rotatable bonds is 2. The molecule has 4 heteroatoms. The molecule has 1 aromatic carbocycles. The van der Waals surface area contributed by atoms with Crippen LogP contribution in [0.1, 0.15) is 13.3 Å². The Morgan fingerprint density at radius 3 is 3.17 bits per heavy atom. The van der Waals surface area contributed by atoms with Crippen molar-refractivity contribution in [1.29, 1.82) is 0 Å². The van der Waals surface area contributed by atoms with Gasteiger partial charge in [0.05, 0.1) is 30.6 Å². The summed E-state index contributed by atoms with van der Waals surface area (Å²) < 4.78 is 5.65. The Hall–Kier alpha value is -0.930. The zero-order valence-electron chi connectivity index (χ0n) is 10.7. The van der Waals surface area contributed by atoms with Crippen molar-refractivity contribution < 1.29 is 4.74 Å². The smallest absolute Gasteiger partial charge is 0.0674 e. The maximum absolute atomic E-state index is 6.15. The standard InChI is InChI=1S/C14H19ClN2O/c1-2-5-17-13-6-11(15)3-4-12(13)16-7-10-8-18-9-14(10)17/h3-4,6,10,14,16H,2,5,7-9H2,1H3. The molecule has 98 valence electrons. The summed E-state index contributed by atoms with van der Waals surface area (Å²) in [5.41, 5.74) is 2.42. The van der Waals surface area contributed by atoms with Crippen molar-refractivity contribution in [3.63, 3.8) is 0 Å². The summed E-state index contributed by atoms with van der Waals surface area (Å²) in [6, 6.07) is 6.59. The van der Waals surface area contributed by atoms with E-state index in [9.17, 15) is 0 Å². The van der Waals surface area contributed by atoms with E-state index in [4.69, 9.17) is 16.3 Å². The number of ether oxygens (including phenoxy) is 1. The highest BCUT2D eigenvalue weighted by molar-refractivity contribution is 6.31. The number of halogens is 1. The molecule has 0 bridgehead atoms. The van der Waals surface area contributed by atoms with E-state index in [0.717, 1.165) is 37.7 Å². The normalized spacial score (nSPS) is 26.2. The van der Waals surface area contributed by atoms with Crippen molar-refractivity contribution in [2.75, 3.05) is 36.5 Å². The molecule has 2 heterocycles. The van der Waals surface area contributed by atoms with Gasteiger partial charge in [0.25, 0.3) is 0 Å². The van der Waals surface area contributed by atoms with E-state index in [0.29, 0.717) is 12.0 Å². The van der Waals surface area contributed by atoms with Crippen molar-refractivity contribution in [2.45, 2.75) is 19.4 Å². The lowest BCUT2D eigenvalue weighted by atomic mass is 10.0. The highest BCUT2D eigenvalue weighted by atomic mass is 35.5. The van der Waals surface area contributed by atoms with Gasteiger partial charge in [-0.05, 0) is 24.6 Å². The zero-order chi connectivity index (χ0) is 12.5. The van der Waals surface area contributed by atoms with Crippen LogP contribution in [0.15, 0.2) is 18.2 Å². The average Bonchev–Trinajstić information content (AvgIpc) is 2.78. The quantitative estimate of drug-likeness (QED) is 0.891. The third-order valence-electron chi connectivity index (χ3n) is 3.85. The van der Waals surface area contributed by atoms with E-state index in [2.05, 4.69) is 29.3 Å². The summed E-state index contributed by atoms with van der Waals surface area (Å²) in [5, 5.41) is 4.33. The fourth-order valence-electron chi connectivity index (χ4n) is 2.97. The Morgan fingerprint density at radius 1 is 1.44 bits per heavy atom. The van der Waals surface area contributed by atoms with Gasteiger partial charge in [0.15, 0.2) is 0 Å². The van der Waals surface area contributed by atoms with Crippen LogP contribution in [0, 0.1) is 5.92 Å². The minimum absolute atomic E-state index is 0.483. The first-order valence-electron chi connectivity index (χ1n) is 6.67. The van der Waals surface area contributed by atoms with E-state index in [1.165, 1.54) is 11.4 Å². The number of hydrogen-bond donors (Lipinski definition) is 1. The third kappa shape index (κ3) is 2.06. The van der Waals surface area contributed by atoms with Gasteiger partial charge in [0.2, 0.25) is 0 Å². The van der Waals surface area contributed by atoms with Crippen LogP contribution in [0.2, 0.25) is 5.02 Å². The van der Waals surface area contributed by atoms with Crippen molar-refractivity contribution in [3.8, 4) is 0 Å². The molecule has 1 aromatic rings. The number of fused-ring (bicyclic) bond motifs is 2. The molecule has 1 fully saturated rings. The minimum Gasteiger partial charge on any atom is -0.383 e. The molecule has 0 aliphatic carbocycles. The van der Waals surface area contributed by atoms with Crippen molar-refractivity contribution in [3.05, 3.63) is 23.2 Å². The summed E-state index contributed by atoms with van der Waals surface area (Å²) >= 11 is 6.15. The van der Waals surface area contributed by atoms with Gasteiger partial charge in [-0.3, -0.25) is 0 Å². The van der Waals surface area contributed by atoms with Crippen LogP contribution < -0.4 is 10.2 Å². The molecule has 0 amide bonds. The van der Waals surface area contributed by atoms with Gasteiger partial charge in [0.1, 0.15) is 0 Å².